The van der Waals surface area contributed by atoms with Gasteiger partial charge >= 0.3 is 0 Å². The first kappa shape index (κ1) is 29.1. The van der Waals surface area contributed by atoms with Crippen LogP contribution in [0.1, 0.15) is 89.5 Å². The molecular weight excluding hydrogens is 496 g/mol. The molecule has 0 spiro atoms. The standard InChI is InChI=1S/C33H52N6O/c1-2-35-33-28(23-30(24-31(33)34)39-18-20-40-21-19-39)22-26-9-12-29(13-10-26)37-32-14-11-27(25-36-32)8-7-17-38-15-5-3-4-6-16-38/h2,23-26,29H,3-22,34H2,1H3,(H,36,37)/b35-2-. The summed E-state index contributed by atoms with van der Waals surface area (Å²) in [5.41, 5.74) is 12.3. The Morgan fingerprint density at radius 3 is 2.50 bits per heavy atom. The van der Waals surface area contributed by atoms with Gasteiger partial charge in [0.25, 0.3) is 0 Å². The zero-order valence-electron chi connectivity index (χ0n) is 24.9. The SMILES string of the molecule is C/C=N\c1c(N)cc(N2CCOCC2)cc1CC1CCC(NC2=NC=C(CCCN3CCCCCC3)CC2)CC1. The van der Waals surface area contributed by atoms with Crippen LogP contribution in [-0.2, 0) is 11.2 Å². The van der Waals surface area contributed by atoms with Crippen LogP contribution in [-0.4, -0.2) is 68.9 Å². The van der Waals surface area contributed by atoms with Gasteiger partial charge in [-0.05, 0) is 114 Å². The van der Waals surface area contributed by atoms with Crippen molar-refractivity contribution in [3.8, 4) is 0 Å². The second-order valence-corrected chi connectivity index (χ2v) is 12.3. The van der Waals surface area contributed by atoms with E-state index in [0.717, 1.165) is 50.5 Å². The van der Waals surface area contributed by atoms with E-state index in [0.29, 0.717) is 12.0 Å². The summed E-state index contributed by atoms with van der Waals surface area (Å²) in [6.07, 6.45) is 20.3. The third-order valence-corrected chi connectivity index (χ3v) is 9.32. The number of anilines is 2. The second-order valence-electron chi connectivity index (χ2n) is 12.3. The van der Waals surface area contributed by atoms with E-state index in [4.69, 9.17) is 15.5 Å². The largest absolute Gasteiger partial charge is 0.397 e. The molecule has 3 heterocycles. The molecule has 7 nitrogen and oxygen atoms in total. The fourth-order valence-electron chi connectivity index (χ4n) is 6.97. The van der Waals surface area contributed by atoms with E-state index < -0.39 is 0 Å². The molecule has 1 aromatic rings. The van der Waals surface area contributed by atoms with Gasteiger partial charge in [-0.25, -0.2) is 4.99 Å². The number of amidine groups is 1. The highest BCUT2D eigenvalue weighted by Gasteiger charge is 2.25. The molecular formula is C33H52N6O. The van der Waals surface area contributed by atoms with Crippen molar-refractivity contribution in [2.24, 2.45) is 15.9 Å². The van der Waals surface area contributed by atoms with Gasteiger partial charge in [0, 0.05) is 43.7 Å². The van der Waals surface area contributed by atoms with Gasteiger partial charge in [-0.15, -0.1) is 0 Å². The molecule has 220 valence electrons. The van der Waals surface area contributed by atoms with E-state index in [-0.39, 0.29) is 0 Å². The van der Waals surface area contributed by atoms with Gasteiger partial charge in [-0.3, -0.25) is 4.99 Å². The van der Waals surface area contributed by atoms with Gasteiger partial charge in [0.05, 0.1) is 24.6 Å². The maximum atomic E-state index is 6.52. The molecule has 0 bridgehead atoms. The molecule has 1 aromatic carbocycles. The van der Waals surface area contributed by atoms with Crippen molar-refractivity contribution < 1.29 is 4.74 Å². The van der Waals surface area contributed by atoms with Crippen molar-refractivity contribution in [3.05, 3.63) is 29.5 Å². The fraction of sp³-hybridized carbons (Fsp3) is 0.697. The number of nitrogens with one attached hydrogen (secondary N) is 1. The number of benzene rings is 1. The summed E-state index contributed by atoms with van der Waals surface area (Å²) in [5.74, 6) is 1.87. The molecule has 3 N–H and O–H groups in total. The zero-order valence-corrected chi connectivity index (χ0v) is 24.9. The number of hydrogen-bond donors (Lipinski definition) is 2. The smallest absolute Gasteiger partial charge is 0.102 e. The molecule has 0 aromatic heterocycles. The lowest BCUT2D eigenvalue weighted by Crippen LogP contribution is -2.38. The van der Waals surface area contributed by atoms with Gasteiger partial charge in [0.1, 0.15) is 5.84 Å². The fourth-order valence-corrected chi connectivity index (χ4v) is 6.97. The second kappa shape index (κ2) is 15.0. The van der Waals surface area contributed by atoms with E-state index in [2.05, 4.69) is 38.4 Å². The number of hydrogen-bond acceptors (Lipinski definition) is 7. The summed E-state index contributed by atoms with van der Waals surface area (Å²) in [7, 11) is 0. The molecule has 0 atom stereocenters. The highest BCUT2D eigenvalue weighted by molar-refractivity contribution is 5.84. The number of likely N-dealkylation sites (tertiary alicyclic amines) is 1. The quantitative estimate of drug-likeness (QED) is 0.282. The van der Waals surface area contributed by atoms with Crippen LogP contribution in [0, 0.1) is 5.92 Å². The number of ether oxygens (including phenoxy) is 1. The molecule has 3 aliphatic heterocycles. The molecule has 2 saturated heterocycles. The Morgan fingerprint density at radius 1 is 1.02 bits per heavy atom. The molecule has 4 aliphatic rings. The van der Waals surface area contributed by atoms with Crippen LogP contribution in [0.2, 0.25) is 0 Å². The lowest BCUT2D eigenvalue weighted by molar-refractivity contribution is 0.122. The number of rotatable bonds is 9. The maximum Gasteiger partial charge on any atom is 0.102 e. The Balaban J connectivity index is 1.09. The molecule has 1 saturated carbocycles. The molecule has 5 rings (SSSR count). The normalized spacial score (nSPS) is 25.0. The van der Waals surface area contributed by atoms with Crippen molar-refractivity contribution in [3.63, 3.8) is 0 Å². The first-order chi connectivity index (χ1) is 19.7. The minimum absolute atomic E-state index is 0.547. The predicted octanol–water partition coefficient (Wildman–Crippen LogP) is 6.25. The summed E-state index contributed by atoms with van der Waals surface area (Å²) in [6, 6.07) is 4.98. The topological polar surface area (TPSA) is 78.5 Å². The average Bonchev–Trinajstić information content (AvgIpc) is 3.26. The summed E-state index contributed by atoms with van der Waals surface area (Å²) in [4.78, 5) is 14.6. The number of aliphatic imine (C=N–C) groups is 2. The van der Waals surface area contributed by atoms with Crippen LogP contribution >= 0.6 is 0 Å². The van der Waals surface area contributed by atoms with Crippen molar-refractivity contribution in [2.45, 2.75) is 96.4 Å². The lowest BCUT2D eigenvalue weighted by atomic mass is 9.81. The van der Waals surface area contributed by atoms with Crippen LogP contribution < -0.4 is 16.0 Å². The van der Waals surface area contributed by atoms with Crippen LogP contribution in [0.5, 0.6) is 0 Å². The minimum Gasteiger partial charge on any atom is -0.397 e. The molecule has 7 heteroatoms. The number of allylic oxidation sites excluding steroid dienone is 1. The molecule has 0 amide bonds. The Bertz CT molecular complexity index is 1030. The number of nitrogen functional groups attached to an aromatic ring is 1. The molecule has 3 fully saturated rings. The summed E-state index contributed by atoms with van der Waals surface area (Å²) in [6.45, 7) is 9.23. The summed E-state index contributed by atoms with van der Waals surface area (Å²) >= 11 is 0. The van der Waals surface area contributed by atoms with Gasteiger partial charge in [0.2, 0.25) is 0 Å². The maximum absolute atomic E-state index is 6.52. The van der Waals surface area contributed by atoms with Crippen LogP contribution in [0.3, 0.4) is 0 Å². The van der Waals surface area contributed by atoms with Crippen LogP contribution in [0.4, 0.5) is 17.1 Å². The van der Waals surface area contributed by atoms with Crippen molar-refractivity contribution in [1.82, 2.24) is 10.2 Å². The Morgan fingerprint density at radius 2 is 1.80 bits per heavy atom. The summed E-state index contributed by atoms with van der Waals surface area (Å²) < 4.78 is 5.56. The van der Waals surface area contributed by atoms with Crippen molar-refractivity contribution in [2.75, 3.05) is 56.6 Å². The van der Waals surface area contributed by atoms with E-state index in [1.165, 1.54) is 113 Å². The minimum atomic E-state index is 0.547. The highest BCUT2D eigenvalue weighted by atomic mass is 16.5. The molecule has 0 unspecified atom stereocenters. The van der Waals surface area contributed by atoms with Crippen LogP contribution in [0.15, 0.2) is 33.9 Å². The first-order valence-electron chi connectivity index (χ1n) is 16.1. The Hall–Kier alpha value is -2.38. The average molecular weight is 549 g/mol. The molecule has 1 aliphatic carbocycles. The summed E-state index contributed by atoms with van der Waals surface area (Å²) in [5, 5.41) is 3.81. The van der Waals surface area contributed by atoms with E-state index in [1.807, 2.05) is 13.1 Å². The first-order valence-corrected chi connectivity index (χ1v) is 16.1. The lowest BCUT2D eigenvalue weighted by Gasteiger charge is -2.32. The number of nitrogens with zero attached hydrogens (tertiary/aromatic N) is 4. The van der Waals surface area contributed by atoms with Crippen LogP contribution in [0.25, 0.3) is 0 Å². The zero-order chi connectivity index (χ0) is 27.6. The Labute approximate surface area is 242 Å². The predicted molar refractivity (Wildman–Crippen MR) is 169 cm³/mol. The molecule has 40 heavy (non-hydrogen) atoms. The van der Waals surface area contributed by atoms with Crippen molar-refractivity contribution >= 4 is 29.1 Å². The molecule has 0 radical (unpaired) electrons. The third-order valence-electron chi connectivity index (χ3n) is 9.32. The van der Waals surface area contributed by atoms with Crippen molar-refractivity contribution in [1.29, 1.82) is 0 Å². The van der Waals surface area contributed by atoms with E-state index >= 15 is 0 Å². The number of nitrogens with two attached hydrogens (primary N) is 1. The van der Waals surface area contributed by atoms with Gasteiger partial charge in [0.15, 0.2) is 0 Å². The van der Waals surface area contributed by atoms with E-state index in [1.54, 1.807) is 0 Å². The third kappa shape index (κ3) is 8.32. The highest BCUT2D eigenvalue weighted by Crippen LogP contribution is 2.37. The van der Waals surface area contributed by atoms with Gasteiger partial charge in [-0.1, -0.05) is 18.4 Å². The number of morpholine rings is 1. The Kier molecular flexibility index (Phi) is 10.9. The monoisotopic (exact) mass is 548 g/mol. The van der Waals surface area contributed by atoms with Gasteiger partial charge in [-0.2, -0.15) is 0 Å². The van der Waals surface area contributed by atoms with E-state index in [9.17, 15) is 0 Å². The van der Waals surface area contributed by atoms with Gasteiger partial charge < -0.3 is 25.6 Å².